The summed E-state index contributed by atoms with van der Waals surface area (Å²) in [5.74, 6) is -0.908. The van der Waals surface area contributed by atoms with Crippen LogP contribution in [0.5, 0.6) is 0 Å². The lowest BCUT2D eigenvalue weighted by Gasteiger charge is -2.05. The molecule has 1 aromatic heterocycles. The molecule has 0 saturated heterocycles. The number of hydrogen-bond donors (Lipinski definition) is 2. The van der Waals surface area contributed by atoms with E-state index in [1.165, 1.54) is 6.07 Å². The third kappa shape index (κ3) is 1.82. The monoisotopic (exact) mass is 217 g/mol. The summed E-state index contributed by atoms with van der Waals surface area (Å²) in [4.78, 5) is 24.7. The van der Waals surface area contributed by atoms with Gasteiger partial charge in [0.1, 0.15) is 0 Å². The number of rotatable bonds is 2. The summed E-state index contributed by atoms with van der Waals surface area (Å²) >= 11 is 0. The molecule has 0 saturated carbocycles. The average Bonchev–Trinajstić information content (AvgIpc) is 2.18. The van der Waals surface area contributed by atoms with Crippen molar-refractivity contribution >= 4 is 16.9 Å². The number of fused-ring (bicyclic) bond motifs is 1. The Balaban J connectivity index is 2.76. The van der Waals surface area contributed by atoms with Gasteiger partial charge in [-0.3, -0.25) is 9.59 Å². The molecule has 4 heteroatoms. The van der Waals surface area contributed by atoms with E-state index in [-0.39, 0.29) is 12.0 Å². The molecule has 2 rings (SSSR count). The zero-order valence-electron chi connectivity index (χ0n) is 8.78. The largest absolute Gasteiger partial charge is 0.481 e. The number of carboxylic acid groups (broad SMARTS) is 1. The van der Waals surface area contributed by atoms with Gasteiger partial charge < -0.3 is 10.1 Å². The molecule has 0 aliphatic rings. The fraction of sp³-hybridized carbons (Fsp3) is 0.167. The highest BCUT2D eigenvalue weighted by atomic mass is 16.4. The van der Waals surface area contributed by atoms with Crippen molar-refractivity contribution in [3.63, 3.8) is 0 Å². The third-order valence-electron chi connectivity index (χ3n) is 2.51. The van der Waals surface area contributed by atoms with E-state index >= 15 is 0 Å². The lowest BCUT2D eigenvalue weighted by molar-refractivity contribution is -0.136. The van der Waals surface area contributed by atoms with Gasteiger partial charge in [0, 0.05) is 11.5 Å². The Hall–Kier alpha value is -2.10. The van der Waals surface area contributed by atoms with E-state index in [0.29, 0.717) is 11.1 Å². The predicted molar refractivity (Wildman–Crippen MR) is 60.6 cm³/mol. The van der Waals surface area contributed by atoms with E-state index in [9.17, 15) is 9.59 Å². The van der Waals surface area contributed by atoms with Crippen molar-refractivity contribution in [1.29, 1.82) is 0 Å². The number of benzene rings is 1. The summed E-state index contributed by atoms with van der Waals surface area (Å²) in [6.07, 6.45) is -0.0866. The minimum atomic E-state index is -0.908. The van der Waals surface area contributed by atoms with Gasteiger partial charge >= 0.3 is 5.97 Å². The number of para-hydroxylation sites is 1. The number of hydrogen-bond acceptors (Lipinski definition) is 2. The summed E-state index contributed by atoms with van der Waals surface area (Å²) in [6, 6.07) is 6.89. The number of aliphatic carboxylic acids is 1. The van der Waals surface area contributed by atoms with Crippen molar-refractivity contribution < 1.29 is 9.90 Å². The summed E-state index contributed by atoms with van der Waals surface area (Å²) in [6.45, 7) is 1.84. The predicted octanol–water partition coefficient (Wildman–Crippen LogP) is 1.46. The van der Waals surface area contributed by atoms with Gasteiger partial charge in [-0.1, -0.05) is 18.2 Å². The maximum atomic E-state index is 11.3. The van der Waals surface area contributed by atoms with Gasteiger partial charge in [-0.05, 0) is 18.1 Å². The first-order valence-corrected chi connectivity index (χ1v) is 4.91. The molecule has 0 aliphatic carbocycles. The number of aromatic amines is 1. The minimum absolute atomic E-state index is 0.0866. The second kappa shape index (κ2) is 3.81. The number of carboxylic acids is 1. The van der Waals surface area contributed by atoms with Crippen molar-refractivity contribution in [2.24, 2.45) is 0 Å². The maximum absolute atomic E-state index is 11.3. The summed E-state index contributed by atoms with van der Waals surface area (Å²) in [5.41, 5.74) is 1.90. The Morgan fingerprint density at radius 2 is 2.19 bits per heavy atom. The molecule has 0 spiro atoms. The molecule has 0 radical (unpaired) electrons. The first-order valence-electron chi connectivity index (χ1n) is 4.91. The molecule has 2 aromatic rings. The average molecular weight is 217 g/mol. The normalized spacial score (nSPS) is 10.6. The molecular formula is C12H11NO3. The van der Waals surface area contributed by atoms with Crippen LogP contribution in [0.25, 0.3) is 10.9 Å². The zero-order chi connectivity index (χ0) is 11.7. The van der Waals surface area contributed by atoms with Crippen molar-refractivity contribution in [3.8, 4) is 0 Å². The standard InChI is InChI=1S/C12H11NO3/c1-7-5-10(14)13-12-8(6-11(15)16)3-2-4-9(7)12/h2-5H,6H2,1H3,(H,13,14)(H,15,16). The van der Waals surface area contributed by atoms with Crippen LogP contribution in [-0.2, 0) is 11.2 Å². The maximum Gasteiger partial charge on any atom is 0.307 e. The van der Waals surface area contributed by atoms with Gasteiger partial charge in [0.25, 0.3) is 0 Å². The van der Waals surface area contributed by atoms with Crippen LogP contribution in [-0.4, -0.2) is 16.1 Å². The zero-order valence-corrected chi connectivity index (χ0v) is 8.78. The number of nitrogens with one attached hydrogen (secondary N) is 1. The number of H-pyrrole nitrogens is 1. The van der Waals surface area contributed by atoms with E-state index in [2.05, 4.69) is 4.98 Å². The van der Waals surface area contributed by atoms with Gasteiger partial charge in [0.05, 0.1) is 11.9 Å². The van der Waals surface area contributed by atoms with Crippen LogP contribution in [0.2, 0.25) is 0 Å². The van der Waals surface area contributed by atoms with Crippen LogP contribution in [0.4, 0.5) is 0 Å². The second-order valence-electron chi connectivity index (χ2n) is 3.73. The molecule has 4 nitrogen and oxygen atoms in total. The number of aryl methyl sites for hydroxylation is 1. The summed E-state index contributed by atoms with van der Waals surface area (Å²) in [7, 11) is 0. The van der Waals surface area contributed by atoms with Crippen molar-refractivity contribution in [2.75, 3.05) is 0 Å². The molecule has 1 heterocycles. The molecule has 82 valence electrons. The van der Waals surface area contributed by atoms with Crippen molar-refractivity contribution in [3.05, 3.63) is 45.7 Å². The summed E-state index contributed by atoms with van der Waals surface area (Å²) in [5, 5.41) is 9.66. The molecule has 0 fully saturated rings. The number of aromatic nitrogens is 1. The Labute approximate surface area is 91.5 Å². The Morgan fingerprint density at radius 1 is 1.44 bits per heavy atom. The third-order valence-corrected chi connectivity index (χ3v) is 2.51. The van der Waals surface area contributed by atoms with E-state index in [0.717, 1.165) is 10.9 Å². The lowest BCUT2D eigenvalue weighted by Crippen LogP contribution is -2.08. The molecule has 2 N–H and O–H groups in total. The topological polar surface area (TPSA) is 70.2 Å². The Kier molecular flexibility index (Phi) is 2.48. The highest BCUT2D eigenvalue weighted by molar-refractivity contribution is 5.87. The van der Waals surface area contributed by atoms with Gasteiger partial charge in [-0.25, -0.2) is 0 Å². The smallest absolute Gasteiger partial charge is 0.307 e. The van der Waals surface area contributed by atoms with Crippen LogP contribution >= 0.6 is 0 Å². The Bertz CT molecular complexity index is 613. The molecular weight excluding hydrogens is 206 g/mol. The highest BCUT2D eigenvalue weighted by Gasteiger charge is 2.07. The van der Waals surface area contributed by atoms with Crippen molar-refractivity contribution in [1.82, 2.24) is 4.98 Å². The van der Waals surface area contributed by atoms with Gasteiger partial charge in [0.15, 0.2) is 0 Å². The molecule has 0 aliphatic heterocycles. The van der Waals surface area contributed by atoms with Crippen LogP contribution < -0.4 is 5.56 Å². The molecule has 0 bridgehead atoms. The quantitative estimate of drug-likeness (QED) is 0.800. The van der Waals surface area contributed by atoms with E-state index < -0.39 is 5.97 Å². The van der Waals surface area contributed by atoms with Crippen molar-refractivity contribution in [2.45, 2.75) is 13.3 Å². The van der Waals surface area contributed by atoms with Crippen LogP contribution in [0.1, 0.15) is 11.1 Å². The molecule has 0 unspecified atom stereocenters. The Morgan fingerprint density at radius 3 is 2.88 bits per heavy atom. The fourth-order valence-electron chi connectivity index (χ4n) is 1.82. The van der Waals surface area contributed by atoms with E-state index in [4.69, 9.17) is 5.11 Å². The SMILES string of the molecule is Cc1cc(=O)[nH]c2c(CC(=O)O)cccc12. The van der Waals surface area contributed by atoms with Gasteiger partial charge in [0.2, 0.25) is 5.56 Å². The van der Waals surface area contributed by atoms with Gasteiger partial charge in [-0.15, -0.1) is 0 Å². The fourth-order valence-corrected chi connectivity index (χ4v) is 1.82. The van der Waals surface area contributed by atoms with Crippen LogP contribution in [0.3, 0.4) is 0 Å². The van der Waals surface area contributed by atoms with E-state index in [1.54, 1.807) is 12.1 Å². The second-order valence-corrected chi connectivity index (χ2v) is 3.73. The number of pyridine rings is 1. The molecule has 1 aromatic carbocycles. The van der Waals surface area contributed by atoms with Crippen LogP contribution in [0, 0.1) is 6.92 Å². The lowest BCUT2D eigenvalue weighted by atomic mass is 10.0. The molecule has 0 amide bonds. The summed E-state index contributed by atoms with van der Waals surface area (Å²) < 4.78 is 0. The first-order chi connectivity index (χ1) is 7.58. The number of carbonyl (C=O) groups is 1. The van der Waals surface area contributed by atoms with E-state index in [1.807, 2.05) is 13.0 Å². The molecule has 16 heavy (non-hydrogen) atoms. The molecule has 0 atom stereocenters. The highest BCUT2D eigenvalue weighted by Crippen LogP contribution is 2.18. The van der Waals surface area contributed by atoms with Crippen LogP contribution in [0.15, 0.2) is 29.1 Å². The first kappa shape index (κ1) is 10.4. The van der Waals surface area contributed by atoms with Gasteiger partial charge in [-0.2, -0.15) is 0 Å². The minimum Gasteiger partial charge on any atom is -0.481 e.